The molecule has 4 N–H and O–H groups in total. The zero-order valence-electron chi connectivity index (χ0n) is 19.0. The van der Waals surface area contributed by atoms with Gasteiger partial charge in [0.05, 0.1) is 30.3 Å². The molecule has 1 aliphatic heterocycles. The highest BCUT2D eigenvalue weighted by Crippen LogP contribution is 2.34. The maximum atomic E-state index is 12.2. The maximum Gasteiger partial charge on any atom is 0.244 e. The third kappa shape index (κ3) is 5.28. The Kier molecular flexibility index (Phi) is 7.91. The van der Waals surface area contributed by atoms with Crippen molar-refractivity contribution in [3.63, 3.8) is 0 Å². The Morgan fingerprint density at radius 2 is 1.89 bits per heavy atom. The summed E-state index contributed by atoms with van der Waals surface area (Å²) < 4.78 is 11.5. The molecule has 11 nitrogen and oxygen atoms in total. The molecule has 0 amide bonds. The summed E-state index contributed by atoms with van der Waals surface area (Å²) in [4.78, 5) is 23.9. The fraction of sp³-hybridized carbons (Fsp3) is 0.391. The Labute approximate surface area is 204 Å². The third-order valence-electron chi connectivity index (χ3n) is 5.57. The normalized spacial score (nSPS) is 24.5. The van der Waals surface area contributed by atoms with Crippen LogP contribution in [0, 0.1) is 0 Å². The monoisotopic (exact) mass is 506 g/mol. The number of carbonyl (C=O) groups excluding carboxylic acids is 1. The molecule has 4 rings (SSSR count). The molecular weight excluding hydrogens is 480 g/mol. The van der Waals surface area contributed by atoms with Crippen LogP contribution in [0.2, 0.25) is 0 Å². The highest BCUT2D eigenvalue weighted by Gasteiger charge is 2.45. The third-order valence-corrected chi connectivity index (χ3v) is 6.59. The molecule has 0 aliphatic carbocycles. The Morgan fingerprint density at radius 3 is 2.54 bits per heavy atom. The molecule has 2 aromatic carbocycles. The molecule has 5 atom stereocenters. The molecule has 3 aromatic rings. The summed E-state index contributed by atoms with van der Waals surface area (Å²) in [5.41, 5.74) is 1.04. The van der Waals surface area contributed by atoms with Crippen molar-refractivity contribution < 1.29 is 44.5 Å². The Balaban J connectivity index is 1.58. The zero-order chi connectivity index (χ0) is 25.1. The molecule has 35 heavy (non-hydrogen) atoms. The first kappa shape index (κ1) is 25.4. The number of rotatable bonds is 8. The molecule has 188 valence electrons. The van der Waals surface area contributed by atoms with Crippen molar-refractivity contribution in [3.8, 4) is 11.5 Å². The number of fused-ring (bicyclic) bond motifs is 1. The quantitative estimate of drug-likeness (QED) is 0.197. The van der Waals surface area contributed by atoms with Gasteiger partial charge in [-0.2, -0.15) is 14.7 Å². The highest BCUT2D eigenvalue weighted by atomic mass is 32.2. The van der Waals surface area contributed by atoms with Crippen molar-refractivity contribution in [2.75, 3.05) is 13.7 Å². The minimum atomic E-state index is -1.66. The van der Waals surface area contributed by atoms with E-state index in [9.17, 15) is 25.2 Å². The van der Waals surface area contributed by atoms with Gasteiger partial charge in [-0.1, -0.05) is 6.07 Å². The van der Waals surface area contributed by atoms with E-state index in [-0.39, 0.29) is 11.7 Å². The summed E-state index contributed by atoms with van der Waals surface area (Å²) in [7, 11) is 1.59. The lowest BCUT2D eigenvalue weighted by Crippen LogP contribution is -2.59. The highest BCUT2D eigenvalue weighted by molar-refractivity contribution is 7.98. The zero-order valence-corrected chi connectivity index (χ0v) is 19.8. The van der Waals surface area contributed by atoms with Crippen molar-refractivity contribution in [1.29, 1.82) is 0 Å². The van der Waals surface area contributed by atoms with Crippen LogP contribution in [0.3, 0.4) is 0 Å². The smallest absolute Gasteiger partial charge is 0.244 e. The number of hydrogen-bond acceptors (Lipinski definition) is 11. The predicted octanol–water partition coefficient (Wildman–Crippen LogP) is 1.11. The number of aliphatic hydroxyl groups is 4. The number of aliphatic hydroxyl groups excluding tert-OH is 4. The van der Waals surface area contributed by atoms with Gasteiger partial charge in [-0.3, -0.25) is 4.79 Å². The number of ether oxygens (including phenoxy) is 2. The second-order valence-corrected chi connectivity index (χ2v) is 8.91. The van der Waals surface area contributed by atoms with Gasteiger partial charge in [0.15, 0.2) is 18.1 Å². The lowest BCUT2D eigenvalue weighted by Gasteiger charge is -2.38. The molecule has 0 radical (unpaired) electrons. The lowest BCUT2D eigenvalue weighted by atomic mass is 9.99. The van der Waals surface area contributed by atoms with Crippen molar-refractivity contribution in [2.24, 2.45) is 0 Å². The maximum absolute atomic E-state index is 12.2. The van der Waals surface area contributed by atoms with E-state index in [1.54, 1.807) is 25.3 Å². The number of methoxy groups -OCH3 is 1. The van der Waals surface area contributed by atoms with Crippen LogP contribution in [0.1, 0.15) is 17.4 Å². The van der Waals surface area contributed by atoms with Gasteiger partial charge in [-0.15, -0.1) is 11.8 Å². The molecule has 1 saturated heterocycles. The van der Waals surface area contributed by atoms with Gasteiger partial charge >= 0.3 is 0 Å². The average molecular weight is 507 g/mol. The second-order valence-electron chi connectivity index (χ2n) is 7.87. The van der Waals surface area contributed by atoms with E-state index in [2.05, 4.69) is 5.10 Å². The number of thioether (sulfide) groups is 1. The van der Waals surface area contributed by atoms with E-state index >= 15 is 0 Å². The van der Waals surface area contributed by atoms with Gasteiger partial charge < -0.3 is 34.8 Å². The molecule has 1 fully saturated rings. The average Bonchev–Trinajstić information content (AvgIpc) is 3.25. The first-order chi connectivity index (χ1) is 16.8. The molecular formula is C23H26N2O9S. The van der Waals surface area contributed by atoms with Crippen LogP contribution in [0.15, 0.2) is 47.4 Å². The molecule has 0 saturated carbocycles. The number of aromatic nitrogens is 2. The molecule has 1 aliphatic rings. The fourth-order valence-corrected chi connectivity index (χ4v) is 4.56. The molecule has 0 unspecified atom stereocenters. The van der Waals surface area contributed by atoms with Gasteiger partial charge in [0, 0.05) is 17.6 Å². The fourth-order valence-electron chi connectivity index (χ4n) is 3.73. The Bertz CT molecular complexity index is 1170. The van der Waals surface area contributed by atoms with Crippen LogP contribution in [-0.2, 0) is 15.4 Å². The van der Waals surface area contributed by atoms with Crippen LogP contribution in [0.4, 0.5) is 0 Å². The summed E-state index contributed by atoms with van der Waals surface area (Å²) in [6, 6.07) is 12.4. The standard InChI is InChI=1S/C23H26N2O9S/c1-12(27)25-16-4-3-5-17(33-34-22-21(29)20(28)18(10-26)32-23(22)30)19(16)15(24-25)11-35-14-8-6-13(31-2)7-9-14/h3-9,18,20-23,26,28-30H,10-11H2,1-2H3/t18-,20-,21+,22-,23-/m1/s1. The van der Waals surface area contributed by atoms with Crippen LogP contribution < -0.4 is 9.62 Å². The topological polar surface area (TPSA) is 153 Å². The Hall–Kier alpha value is -2.71. The first-order valence-electron chi connectivity index (χ1n) is 10.8. The van der Waals surface area contributed by atoms with E-state index in [4.69, 9.17) is 19.2 Å². The van der Waals surface area contributed by atoms with Gasteiger partial charge in [0.2, 0.25) is 5.91 Å². The van der Waals surface area contributed by atoms with E-state index in [0.29, 0.717) is 22.3 Å². The van der Waals surface area contributed by atoms with E-state index in [1.807, 2.05) is 24.3 Å². The van der Waals surface area contributed by atoms with Gasteiger partial charge in [-0.05, 0) is 36.4 Å². The number of hydrogen-bond donors (Lipinski definition) is 4. The number of carbonyl (C=O) groups is 1. The van der Waals surface area contributed by atoms with Crippen LogP contribution in [-0.4, -0.2) is 80.5 Å². The number of nitrogens with zero attached hydrogens (tertiary/aromatic N) is 2. The van der Waals surface area contributed by atoms with Crippen molar-refractivity contribution in [1.82, 2.24) is 9.78 Å². The minimum Gasteiger partial charge on any atom is -0.497 e. The lowest BCUT2D eigenvalue weighted by molar-refractivity contribution is -0.364. The molecule has 1 aromatic heterocycles. The van der Waals surface area contributed by atoms with Gasteiger partial charge in [0.1, 0.15) is 24.1 Å². The van der Waals surface area contributed by atoms with E-state index in [1.165, 1.54) is 23.4 Å². The molecule has 0 bridgehead atoms. The van der Waals surface area contributed by atoms with Crippen LogP contribution in [0.5, 0.6) is 11.5 Å². The Morgan fingerprint density at radius 1 is 1.14 bits per heavy atom. The van der Waals surface area contributed by atoms with E-state index < -0.39 is 37.3 Å². The molecule has 12 heteroatoms. The van der Waals surface area contributed by atoms with Crippen LogP contribution >= 0.6 is 11.8 Å². The molecule has 2 heterocycles. The SMILES string of the molecule is COc1ccc(SCc2nn(C(C)=O)c3cccc(OO[C@@H]4[C@@H](O)[C@H](O)[C@@H](CO)O[C@H]4O)c23)cc1. The van der Waals surface area contributed by atoms with Gasteiger partial charge in [0.25, 0.3) is 0 Å². The summed E-state index contributed by atoms with van der Waals surface area (Å²) in [6.45, 7) is 0.795. The van der Waals surface area contributed by atoms with Crippen LogP contribution in [0.25, 0.3) is 10.9 Å². The summed E-state index contributed by atoms with van der Waals surface area (Å²) in [6.07, 6.45) is -7.36. The van der Waals surface area contributed by atoms with Crippen molar-refractivity contribution in [3.05, 3.63) is 48.2 Å². The van der Waals surface area contributed by atoms with E-state index in [0.717, 1.165) is 10.6 Å². The first-order valence-corrected chi connectivity index (χ1v) is 11.7. The second kappa shape index (κ2) is 10.9. The summed E-state index contributed by atoms with van der Waals surface area (Å²) in [5, 5.41) is 44.7. The van der Waals surface area contributed by atoms with Crippen molar-refractivity contribution in [2.45, 2.75) is 48.3 Å². The summed E-state index contributed by atoms with van der Waals surface area (Å²) >= 11 is 1.50. The molecule has 0 spiro atoms. The predicted molar refractivity (Wildman–Crippen MR) is 124 cm³/mol. The van der Waals surface area contributed by atoms with Gasteiger partial charge in [-0.25, -0.2) is 0 Å². The minimum absolute atomic E-state index is 0.193. The largest absolute Gasteiger partial charge is 0.497 e. The van der Waals surface area contributed by atoms with Crippen molar-refractivity contribution >= 4 is 28.6 Å². The number of benzene rings is 2. The summed E-state index contributed by atoms with van der Waals surface area (Å²) in [5.74, 6) is 1.04.